The van der Waals surface area contributed by atoms with Crippen LogP contribution in [0.5, 0.6) is 0 Å². The van der Waals surface area contributed by atoms with Crippen LogP contribution in [0.25, 0.3) is 0 Å². The van der Waals surface area contributed by atoms with Gasteiger partial charge in [0.2, 0.25) is 11.8 Å². The molecule has 2 unspecified atom stereocenters. The molecule has 2 aliphatic carbocycles. The number of hydrogen-bond donors (Lipinski definition) is 1. The zero-order chi connectivity index (χ0) is 22.2. The molecular formula is C25H33N3O4. The van der Waals surface area contributed by atoms with Gasteiger partial charge < -0.3 is 15.0 Å². The van der Waals surface area contributed by atoms with E-state index in [2.05, 4.69) is 10.3 Å². The second-order valence-electron chi connectivity index (χ2n) is 10.2. The molecule has 0 bridgehead atoms. The number of hydrogen-bond acceptors (Lipinski definition) is 5. The molecule has 3 heterocycles. The largest absolute Gasteiger partial charge is 0.458 e. The molecule has 4 fully saturated rings. The summed E-state index contributed by atoms with van der Waals surface area (Å²) < 4.78 is 5.74. The second kappa shape index (κ2) is 8.49. The van der Waals surface area contributed by atoms with Crippen LogP contribution in [0.15, 0.2) is 24.4 Å². The monoisotopic (exact) mass is 439 g/mol. The van der Waals surface area contributed by atoms with Crippen molar-refractivity contribution in [2.75, 3.05) is 19.6 Å². The van der Waals surface area contributed by atoms with E-state index in [-0.39, 0.29) is 41.5 Å². The number of rotatable bonds is 5. The highest BCUT2D eigenvalue weighted by Crippen LogP contribution is 2.59. The molecule has 5 rings (SSSR count). The Hall–Kier alpha value is -2.44. The van der Waals surface area contributed by atoms with E-state index < -0.39 is 5.60 Å². The first kappa shape index (κ1) is 21.4. The first-order valence-electron chi connectivity index (χ1n) is 12.2. The normalized spacial score (nSPS) is 27.9. The maximum Gasteiger partial charge on any atom is 0.307 e. The average Bonchev–Trinajstić information content (AvgIpc) is 3.42. The minimum absolute atomic E-state index is 0.0520. The lowest BCUT2D eigenvalue weighted by Gasteiger charge is -2.40. The van der Waals surface area contributed by atoms with Crippen LogP contribution in [0.1, 0.15) is 63.5 Å². The number of ether oxygens (including phenoxy) is 1. The lowest BCUT2D eigenvalue weighted by molar-refractivity contribution is -0.156. The van der Waals surface area contributed by atoms with Crippen molar-refractivity contribution in [1.82, 2.24) is 15.2 Å². The summed E-state index contributed by atoms with van der Waals surface area (Å²) in [6, 6.07) is 5.82. The van der Waals surface area contributed by atoms with Crippen LogP contribution in [0.4, 0.5) is 0 Å². The van der Waals surface area contributed by atoms with Crippen molar-refractivity contribution in [3.63, 3.8) is 0 Å². The Balaban J connectivity index is 1.12. The highest BCUT2D eigenvalue weighted by Gasteiger charge is 2.60. The summed E-state index contributed by atoms with van der Waals surface area (Å²) in [7, 11) is 0. The number of likely N-dealkylation sites (tertiary alicyclic amines) is 1. The Morgan fingerprint density at radius 1 is 1.09 bits per heavy atom. The van der Waals surface area contributed by atoms with Crippen molar-refractivity contribution < 1.29 is 19.1 Å². The predicted octanol–water partition coefficient (Wildman–Crippen LogP) is 2.63. The van der Waals surface area contributed by atoms with E-state index in [0.717, 1.165) is 63.5 Å². The molecule has 7 nitrogen and oxygen atoms in total. The van der Waals surface area contributed by atoms with Gasteiger partial charge >= 0.3 is 5.97 Å². The molecule has 172 valence electrons. The predicted molar refractivity (Wildman–Crippen MR) is 117 cm³/mol. The molecule has 2 aliphatic heterocycles. The number of carbonyl (C=O) groups is 3. The van der Waals surface area contributed by atoms with Crippen molar-refractivity contribution in [3.8, 4) is 0 Å². The fourth-order valence-corrected chi connectivity index (χ4v) is 6.25. The Kier molecular flexibility index (Phi) is 5.68. The summed E-state index contributed by atoms with van der Waals surface area (Å²) in [5.74, 6) is -0.261. The third-order valence-electron chi connectivity index (χ3n) is 8.30. The third-order valence-corrected chi connectivity index (χ3v) is 8.30. The van der Waals surface area contributed by atoms with Gasteiger partial charge in [-0.2, -0.15) is 0 Å². The average molecular weight is 440 g/mol. The fourth-order valence-electron chi connectivity index (χ4n) is 6.25. The number of pyridine rings is 1. The fraction of sp³-hybridized carbons (Fsp3) is 0.680. The Morgan fingerprint density at radius 2 is 1.88 bits per heavy atom. The van der Waals surface area contributed by atoms with Gasteiger partial charge in [0.05, 0.1) is 12.3 Å². The molecule has 0 aromatic carbocycles. The van der Waals surface area contributed by atoms with Crippen LogP contribution in [-0.4, -0.2) is 52.9 Å². The van der Waals surface area contributed by atoms with E-state index in [0.29, 0.717) is 19.6 Å². The Morgan fingerprint density at radius 3 is 2.59 bits per heavy atom. The molecule has 1 aromatic heterocycles. The first-order valence-corrected chi connectivity index (χ1v) is 12.2. The SMILES string of the molecule is O=C1CC(C(=O)N2CCC3(CC2)CC3C(=O)NCCc2ccccn2)C2(CCCCC2)O1. The van der Waals surface area contributed by atoms with Gasteiger partial charge in [-0.15, -0.1) is 0 Å². The molecule has 2 amide bonds. The maximum atomic E-state index is 13.4. The second-order valence-corrected chi connectivity index (χ2v) is 10.2. The summed E-state index contributed by atoms with van der Waals surface area (Å²) in [5, 5.41) is 3.07. The lowest BCUT2D eigenvalue weighted by atomic mass is 9.75. The minimum Gasteiger partial charge on any atom is -0.458 e. The number of piperidine rings is 1. The molecule has 2 saturated carbocycles. The van der Waals surface area contributed by atoms with Gasteiger partial charge in [0.1, 0.15) is 5.60 Å². The lowest BCUT2D eigenvalue weighted by Crippen LogP contribution is -2.49. The zero-order valence-corrected chi connectivity index (χ0v) is 18.7. The summed E-state index contributed by atoms with van der Waals surface area (Å²) >= 11 is 0. The molecule has 32 heavy (non-hydrogen) atoms. The molecule has 2 atom stereocenters. The molecule has 0 radical (unpaired) electrons. The van der Waals surface area contributed by atoms with Crippen LogP contribution in [0.2, 0.25) is 0 Å². The van der Waals surface area contributed by atoms with Crippen molar-refractivity contribution in [3.05, 3.63) is 30.1 Å². The van der Waals surface area contributed by atoms with Gasteiger partial charge in [0, 0.05) is 43.9 Å². The quantitative estimate of drug-likeness (QED) is 0.713. The van der Waals surface area contributed by atoms with Gasteiger partial charge in [-0.1, -0.05) is 12.5 Å². The Labute approximate surface area is 189 Å². The van der Waals surface area contributed by atoms with Crippen LogP contribution >= 0.6 is 0 Å². The summed E-state index contributed by atoms with van der Waals surface area (Å²) in [5.41, 5.74) is 0.475. The van der Waals surface area contributed by atoms with Crippen LogP contribution in [-0.2, 0) is 25.5 Å². The van der Waals surface area contributed by atoms with E-state index in [1.807, 2.05) is 23.1 Å². The smallest absolute Gasteiger partial charge is 0.307 e. The van der Waals surface area contributed by atoms with Crippen LogP contribution < -0.4 is 5.32 Å². The van der Waals surface area contributed by atoms with Crippen molar-refractivity contribution in [2.45, 2.75) is 69.8 Å². The minimum atomic E-state index is -0.558. The van der Waals surface area contributed by atoms with Gasteiger partial charge in [-0.25, -0.2) is 0 Å². The highest BCUT2D eigenvalue weighted by atomic mass is 16.6. The summed E-state index contributed by atoms with van der Waals surface area (Å²) in [6.45, 7) is 1.96. The molecule has 2 saturated heterocycles. The van der Waals surface area contributed by atoms with Gasteiger partial charge in [0.15, 0.2) is 0 Å². The third kappa shape index (κ3) is 4.02. The Bertz CT molecular complexity index is 872. The standard InChI is InChI=1S/C25H33N3O4/c29-21-16-19(25(32-21)8-3-1-4-9-25)23(31)28-14-10-24(11-15-28)17-20(24)22(30)27-13-7-18-6-2-5-12-26-18/h2,5-6,12,19-20H,1,3-4,7-11,13-17H2,(H,27,30). The number of aromatic nitrogens is 1. The van der Waals surface area contributed by atoms with E-state index in [9.17, 15) is 14.4 Å². The van der Waals surface area contributed by atoms with Gasteiger partial charge in [-0.05, 0) is 62.5 Å². The highest BCUT2D eigenvalue weighted by molar-refractivity contribution is 5.88. The first-order chi connectivity index (χ1) is 15.5. The number of nitrogens with zero attached hydrogens (tertiary/aromatic N) is 2. The van der Waals surface area contributed by atoms with Gasteiger partial charge in [0.25, 0.3) is 0 Å². The van der Waals surface area contributed by atoms with E-state index in [4.69, 9.17) is 4.74 Å². The van der Waals surface area contributed by atoms with Crippen molar-refractivity contribution in [2.24, 2.45) is 17.3 Å². The maximum absolute atomic E-state index is 13.4. The van der Waals surface area contributed by atoms with E-state index >= 15 is 0 Å². The molecule has 2 spiro atoms. The van der Waals surface area contributed by atoms with E-state index in [1.165, 1.54) is 0 Å². The summed E-state index contributed by atoms with van der Waals surface area (Å²) in [4.78, 5) is 44.3. The zero-order valence-electron chi connectivity index (χ0n) is 18.7. The van der Waals surface area contributed by atoms with Crippen molar-refractivity contribution >= 4 is 17.8 Å². The van der Waals surface area contributed by atoms with Gasteiger partial charge in [-0.3, -0.25) is 19.4 Å². The van der Waals surface area contributed by atoms with Crippen molar-refractivity contribution in [1.29, 1.82) is 0 Å². The topological polar surface area (TPSA) is 88.6 Å². The number of esters is 1. The number of amides is 2. The van der Waals surface area contributed by atoms with E-state index in [1.54, 1.807) is 6.20 Å². The molecule has 1 N–H and O–H groups in total. The molecule has 7 heteroatoms. The van der Waals surface area contributed by atoms with Crippen LogP contribution in [0, 0.1) is 17.3 Å². The number of carbonyl (C=O) groups excluding carboxylic acids is 3. The molecule has 4 aliphatic rings. The summed E-state index contributed by atoms with van der Waals surface area (Å²) in [6.07, 6.45) is 10.2. The number of nitrogens with one attached hydrogen (secondary N) is 1. The van der Waals surface area contributed by atoms with Crippen LogP contribution in [0.3, 0.4) is 0 Å². The molecule has 1 aromatic rings. The molecular weight excluding hydrogens is 406 g/mol.